The van der Waals surface area contributed by atoms with Crippen LogP contribution in [0.3, 0.4) is 0 Å². The minimum Gasteiger partial charge on any atom is -0.490 e. The number of halogens is 7. The van der Waals surface area contributed by atoms with E-state index in [9.17, 15) is 36.2 Å². The number of nitrogens with zero attached hydrogens (tertiary/aromatic N) is 1. The van der Waals surface area contributed by atoms with Crippen molar-refractivity contribution in [3.8, 4) is 11.5 Å². The predicted octanol–water partition coefficient (Wildman–Crippen LogP) is 4.99. The Morgan fingerprint density at radius 3 is 2.28 bits per heavy atom. The van der Waals surface area contributed by atoms with E-state index in [1.54, 1.807) is 0 Å². The Balaban J connectivity index is 1.41. The second-order valence-corrected chi connectivity index (χ2v) is 9.09. The van der Waals surface area contributed by atoms with Crippen molar-refractivity contribution in [1.82, 2.24) is 0 Å². The number of rotatable bonds is 6. The van der Waals surface area contributed by atoms with Crippen molar-refractivity contribution >= 4 is 28.9 Å². The third-order valence-corrected chi connectivity index (χ3v) is 6.42. The number of fused-ring (bicyclic) bond motifs is 1. The van der Waals surface area contributed by atoms with Gasteiger partial charge in [0.15, 0.2) is 18.2 Å². The van der Waals surface area contributed by atoms with E-state index < -0.39 is 47.3 Å². The summed E-state index contributed by atoms with van der Waals surface area (Å²) in [7, 11) is 0. The van der Waals surface area contributed by atoms with E-state index in [0.29, 0.717) is 17.7 Å². The molecular formula is C23H21ClF6N2O4. The molecule has 0 unspecified atom stereocenters. The summed E-state index contributed by atoms with van der Waals surface area (Å²) in [6.45, 7) is -1.91. The lowest BCUT2D eigenvalue weighted by Gasteiger charge is -2.39. The summed E-state index contributed by atoms with van der Waals surface area (Å²) in [5.41, 5.74) is -1.22. The fourth-order valence-electron chi connectivity index (χ4n) is 4.18. The van der Waals surface area contributed by atoms with Crippen LogP contribution in [0.15, 0.2) is 18.2 Å². The predicted molar refractivity (Wildman–Crippen MR) is 118 cm³/mol. The van der Waals surface area contributed by atoms with E-state index >= 15 is 0 Å². The van der Waals surface area contributed by atoms with Crippen molar-refractivity contribution in [2.24, 2.45) is 0 Å². The minimum absolute atomic E-state index is 0.0135. The van der Waals surface area contributed by atoms with Crippen LogP contribution in [0.1, 0.15) is 24.8 Å². The van der Waals surface area contributed by atoms with Crippen molar-refractivity contribution in [2.45, 2.75) is 37.5 Å². The standard InChI is InChI=1S/C23H21ClF6N2O4/c24-19-14(25)9-17(13-1-2-18(33)31-20(13)19)36-10-22(34)3-5-32(6-4-22)21-15(26)7-12(8-16(21)27)35-11-23(28,29)30/h7-9,34H,1-6,10-11H2,(H,31,33). The maximum Gasteiger partial charge on any atom is 0.422 e. The molecule has 0 radical (unpaired) electrons. The molecule has 6 nitrogen and oxygen atoms in total. The molecular weight excluding hydrogens is 518 g/mol. The largest absolute Gasteiger partial charge is 0.490 e. The zero-order valence-electron chi connectivity index (χ0n) is 18.7. The van der Waals surface area contributed by atoms with Crippen LogP contribution in [0, 0.1) is 17.5 Å². The number of piperidine rings is 1. The third-order valence-electron chi connectivity index (χ3n) is 6.05. The van der Waals surface area contributed by atoms with Gasteiger partial charge in [0.1, 0.15) is 40.2 Å². The van der Waals surface area contributed by atoms with Gasteiger partial charge < -0.3 is 24.8 Å². The van der Waals surface area contributed by atoms with E-state index in [0.717, 1.165) is 6.07 Å². The normalized spacial score (nSPS) is 17.4. The van der Waals surface area contributed by atoms with Crippen LogP contribution in [0.5, 0.6) is 11.5 Å². The van der Waals surface area contributed by atoms with E-state index in [-0.39, 0.29) is 67.7 Å². The fourth-order valence-corrected chi connectivity index (χ4v) is 4.40. The number of nitrogens with one attached hydrogen (secondary N) is 1. The van der Waals surface area contributed by atoms with Gasteiger partial charge in [0.2, 0.25) is 5.91 Å². The molecule has 4 rings (SSSR count). The molecule has 1 amide bonds. The number of benzene rings is 2. The summed E-state index contributed by atoms with van der Waals surface area (Å²) in [6, 6.07) is 2.42. The molecule has 0 aromatic heterocycles. The van der Waals surface area contributed by atoms with Gasteiger partial charge >= 0.3 is 6.18 Å². The first-order valence-corrected chi connectivity index (χ1v) is 11.3. The van der Waals surface area contributed by atoms with Gasteiger partial charge in [0.05, 0.1) is 5.69 Å². The maximum absolute atomic E-state index is 14.5. The molecule has 2 aliphatic heterocycles. The highest BCUT2D eigenvalue weighted by Gasteiger charge is 2.36. The average Bonchev–Trinajstić information content (AvgIpc) is 2.80. The average molecular weight is 539 g/mol. The van der Waals surface area contributed by atoms with E-state index in [4.69, 9.17) is 16.3 Å². The van der Waals surface area contributed by atoms with Gasteiger partial charge in [-0.2, -0.15) is 13.2 Å². The number of alkyl halides is 3. The number of amides is 1. The lowest BCUT2D eigenvalue weighted by molar-refractivity contribution is -0.153. The van der Waals surface area contributed by atoms with Crippen molar-refractivity contribution in [3.05, 3.63) is 46.2 Å². The molecule has 2 aromatic rings. The highest BCUT2D eigenvalue weighted by molar-refractivity contribution is 6.34. The lowest BCUT2D eigenvalue weighted by atomic mass is 9.92. The number of ether oxygens (including phenoxy) is 2. The van der Waals surface area contributed by atoms with Crippen LogP contribution in [-0.2, 0) is 11.2 Å². The molecule has 2 heterocycles. The molecule has 2 aromatic carbocycles. The number of anilines is 2. The molecule has 1 fully saturated rings. The molecule has 0 aliphatic carbocycles. The summed E-state index contributed by atoms with van der Waals surface area (Å²) in [5, 5.41) is 13.2. The summed E-state index contributed by atoms with van der Waals surface area (Å²) in [4.78, 5) is 13.0. The second-order valence-electron chi connectivity index (χ2n) is 8.71. The molecule has 196 valence electrons. The summed E-state index contributed by atoms with van der Waals surface area (Å²) in [6.07, 6.45) is -4.16. The SMILES string of the molecule is O=C1CCc2c(OCC3(O)CCN(c4c(F)cc(OCC(F)(F)F)cc4F)CC3)cc(F)c(Cl)c2N1. The molecule has 0 atom stereocenters. The summed E-state index contributed by atoms with van der Waals surface area (Å²) >= 11 is 5.95. The monoisotopic (exact) mass is 538 g/mol. The Morgan fingerprint density at radius 1 is 1.03 bits per heavy atom. The van der Waals surface area contributed by atoms with E-state index in [1.807, 2.05) is 0 Å². The van der Waals surface area contributed by atoms with Crippen LogP contribution >= 0.6 is 11.6 Å². The lowest BCUT2D eigenvalue weighted by Crippen LogP contribution is -2.48. The van der Waals surface area contributed by atoms with Gasteiger partial charge in [-0.05, 0) is 19.3 Å². The molecule has 1 saturated heterocycles. The van der Waals surface area contributed by atoms with Gasteiger partial charge in [0.25, 0.3) is 0 Å². The van der Waals surface area contributed by atoms with Crippen molar-refractivity contribution in [1.29, 1.82) is 0 Å². The zero-order valence-corrected chi connectivity index (χ0v) is 19.4. The second kappa shape index (κ2) is 9.89. The Kier molecular flexibility index (Phi) is 7.20. The van der Waals surface area contributed by atoms with Crippen LogP contribution in [0.4, 0.5) is 37.7 Å². The topological polar surface area (TPSA) is 71.0 Å². The molecule has 0 saturated carbocycles. The first-order chi connectivity index (χ1) is 16.8. The highest BCUT2D eigenvalue weighted by Crippen LogP contribution is 2.40. The third kappa shape index (κ3) is 5.75. The Bertz CT molecular complexity index is 1150. The number of carbonyl (C=O) groups is 1. The molecule has 2 N–H and O–H groups in total. The number of carbonyl (C=O) groups excluding carboxylic acids is 1. The van der Waals surface area contributed by atoms with Gasteiger partial charge in [-0.3, -0.25) is 4.79 Å². The molecule has 13 heteroatoms. The Labute approximate surface area is 206 Å². The van der Waals surface area contributed by atoms with Crippen molar-refractivity contribution < 1.29 is 45.7 Å². The summed E-state index contributed by atoms with van der Waals surface area (Å²) in [5.74, 6) is -3.79. The van der Waals surface area contributed by atoms with E-state index in [2.05, 4.69) is 10.1 Å². The van der Waals surface area contributed by atoms with Crippen molar-refractivity contribution in [2.75, 3.05) is 36.5 Å². The zero-order chi connectivity index (χ0) is 26.3. The van der Waals surface area contributed by atoms with Crippen LogP contribution in [0.25, 0.3) is 0 Å². The van der Waals surface area contributed by atoms with Gasteiger partial charge in [0, 0.05) is 43.3 Å². The quantitative estimate of drug-likeness (QED) is 0.507. The van der Waals surface area contributed by atoms with Gasteiger partial charge in [-0.1, -0.05) is 11.6 Å². The Hall–Kier alpha value is -2.86. The fraction of sp³-hybridized carbons (Fsp3) is 0.435. The minimum atomic E-state index is -4.66. The van der Waals surface area contributed by atoms with Crippen LogP contribution in [-0.4, -0.2) is 49.1 Å². The number of hydrogen-bond donors (Lipinski definition) is 2. The first kappa shape index (κ1) is 26.2. The first-order valence-electron chi connectivity index (χ1n) is 10.9. The smallest absolute Gasteiger partial charge is 0.422 e. The maximum atomic E-state index is 14.5. The number of aliphatic hydroxyl groups is 1. The van der Waals surface area contributed by atoms with Crippen LogP contribution in [0.2, 0.25) is 5.02 Å². The molecule has 0 bridgehead atoms. The highest BCUT2D eigenvalue weighted by atomic mass is 35.5. The van der Waals surface area contributed by atoms with Gasteiger partial charge in [-0.15, -0.1) is 0 Å². The molecule has 36 heavy (non-hydrogen) atoms. The van der Waals surface area contributed by atoms with Crippen molar-refractivity contribution in [3.63, 3.8) is 0 Å². The Morgan fingerprint density at radius 2 is 1.67 bits per heavy atom. The van der Waals surface area contributed by atoms with Gasteiger partial charge in [-0.25, -0.2) is 13.2 Å². The van der Waals surface area contributed by atoms with E-state index in [1.165, 1.54) is 4.90 Å². The molecule has 2 aliphatic rings. The number of hydrogen-bond acceptors (Lipinski definition) is 5. The molecule has 0 spiro atoms. The van der Waals surface area contributed by atoms with Crippen LogP contribution < -0.4 is 19.7 Å². The summed E-state index contributed by atoms with van der Waals surface area (Å²) < 4.78 is 90.3.